The Balaban J connectivity index is 3.08. The van der Waals surface area contributed by atoms with Gasteiger partial charge in [-0.25, -0.2) is 0 Å². The predicted molar refractivity (Wildman–Crippen MR) is 52.9 cm³/mol. The summed E-state index contributed by atoms with van der Waals surface area (Å²) in [7, 11) is 0. The van der Waals surface area contributed by atoms with Gasteiger partial charge in [-0.15, -0.1) is 0 Å². The molecule has 1 rings (SSSR count). The Morgan fingerprint density at radius 1 is 1.55 bits per heavy atom. The summed E-state index contributed by atoms with van der Waals surface area (Å²) in [6, 6.07) is 7.78. The van der Waals surface area contributed by atoms with Crippen molar-refractivity contribution in [2.24, 2.45) is 0 Å². The molecule has 0 atom stereocenters. The highest BCUT2D eigenvalue weighted by Gasteiger charge is 2.00. The lowest BCUT2D eigenvalue weighted by Gasteiger charge is -2.01. The summed E-state index contributed by atoms with van der Waals surface area (Å²) in [6.07, 6.45) is 0.392. The second-order valence-electron chi connectivity index (χ2n) is 2.15. The van der Waals surface area contributed by atoms with Gasteiger partial charge in [0.05, 0.1) is 12.5 Å². The Kier molecular flexibility index (Phi) is 2.71. The molecule has 2 nitrogen and oxygen atoms in total. The number of hydrogen-bond acceptors (Lipinski definition) is 2. The number of nitrogen functional groups attached to an aromatic ring is 1. The van der Waals surface area contributed by atoms with Gasteiger partial charge in [0.15, 0.2) is 0 Å². The number of nitrogens with two attached hydrogens (primary N) is 1. The molecule has 0 spiro atoms. The summed E-state index contributed by atoms with van der Waals surface area (Å²) in [5.74, 6) is 0. The van der Waals surface area contributed by atoms with Gasteiger partial charge in [0.1, 0.15) is 0 Å². The minimum Gasteiger partial charge on any atom is -0.398 e. The quantitative estimate of drug-likeness (QED) is 0.618. The van der Waals surface area contributed by atoms with Crippen molar-refractivity contribution in [3.8, 4) is 6.07 Å². The van der Waals surface area contributed by atoms with Crippen molar-refractivity contribution >= 4 is 28.3 Å². The first kappa shape index (κ1) is 8.34. The summed E-state index contributed by atoms with van der Waals surface area (Å²) >= 11 is 2.16. The third-order valence-corrected chi connectivity index (χ3v) is 2.35. The molecule has 0 saturated heterocycles. The number of hydrogen-bond donors (Lipinski definition) is 1. The summed E-state index contributed by atoms with van der Waals surface area (Å²) in [5.41, 5.74) is 7.36. The van der Waals surface area contributed by atoms with Crippen LogP contribution in [0.3, 0.4) is 0 Å². The van der Waals surface area contributed by atoms with Crippen LogP contribution in [0.15, 0.2) is 18.2 Å². The number of para-hydroxylation sites is 1. The monoisotopic (exact) mass is 258 g/mol. The van der Waals surface area contributed by atoms with E-state index >= 15 is 0 Å². The van der Waals surface area contributed by atoms with Crippen LogP contribution in [-0.4, -0.2) is 0 Å². The van der Waals surface area contributed by atoms with Gasteiger partial charge >= 0.3 is 0 Å². The molecule has 0 aliphatic heterocycles. The summed E-state index contributed by atoms with van der Waals surface area (Å²) in [4.78, 5) is 0. The molecule has 0 amide bonds. The van der Waals surface area contributed by atoms with Gasteiger partial charge in [-0.3, -0.25) is 0 Å². The van der Waals surface area contributed by atoms with Crippen LogP contribution >= 0.6 is 22.6 Å². The lowest BCUT2D eigenvalue weighted by molar-refractivity contribution is 1.26. The molecule has 0 aliphatic carbocycles. The van der Waals surface area contributed by atoms with Gasteiger partial charge in [-0.2, -0.15) is 5.26 Å². The van der Waals surface area contributed by atoms with E-state index in [1.54, 1.807) is 0 Å². The summed E-state index contributed by atoms with van der Waals surface area (Å²) < 4.78 is 1.01. The molecule has 0 radical (unpaired) electrons. The molecule has 3 heteroatoms. The Morgan fingerprint density at radius 3 is 2.91 bits per heavy atom. The third kappa shape index (κ3) is 1.84. The van der Waals surface area contributed by atoms with Crippen molar-refractivity contribution in [1.82, 2.24) is 0 Å². The third-order valence-electron chi connectivity index (χ3n) is 1.41. The summed E-state index contributed by atoms with van der Waals surface area (Å²) in [5, 5.41) is 8.43. The lowest BCUT2D eigenvalue weighted by Crippen LogP contribution is -1.95. The predicted octanol–water partition coefficient (Wildman–Crippen LogP) is 1.94. The Hall–Kier alpha value is -0.760. The van der Waals surface area contributed by atoms with Crippen LogP contribution < -0.4 is 5.73 Å². The normalized spacial score (nSPS) is 9.09. The van der Waals surface area contributed by atoms with Crippen molar-refractivity contribution in [2.75, 3.05) is 5.73 Å². The van der Waals surface area contributed by atoms with Crippen LogP contribution in [0.1, 0.15) is 5.56 Å². The largest absolute Gasteiger partial charge is 0.398 e. The van der Waals surface area contributed by atoms with Gasteiger partial charge < -0.3 is 5.73 Å². The molecule has 1 aromatic carbocycles. The highest BCUT2D eigenvalue weighted by molar-refractivity contribution is 14.1. The number of rotatable bonds is 1. The summed E-state index contributed by atoms with van der Waals surface area (Å²) in [6.45, 7) is 0. The van der Waals surface area contributed by atoms with E-state index in [9.17, 15) is 0 Å². The number of benzene rings is 1. The molecule has 1 aromatic rings. The molecule has 2 N–H and O–H groups in total. The molecule has 56 valence electrons. The first-order valence-electron chi connectivity index (χ1n) is 3.15. The lowest BCUT2D eigenvalue weighted by atomic mass is 10.1. The molecule has 0 aromatic heterocycles. The fourth-order valence-corrected chi connectivity index (χ4v) is 1.38. The van der Waals surface area contributed by atoms with Crippen molar-refractivity contribution in [3.05, 3.63) is 27.3 Å². The smallest absolute Gasteiger partial charge is 0.0670 e. The minimum absolute atomic E-state index is 0.392. The van der Waals surface area contributed by atoms with Crippen molar-refractivity contribution in [1.29, 1.82) is 5.26 Å². The first-order chi connectivity index (χ1) is 5.25. The molecule has 0 aliphatic rings. The van der Waals surface area contributed by atoms with Gasteiger partial charge in [0, 0.05) is 9.26 Å². The van der Waals surface area contributed by atoms with Crippen LogP contribution in [0, 0.1) is 14.9 Å². The van der Waals surface area contributed by atoms with Gasteiger partial charge in [-0.1, -0.05) is 12.1 Å². The average molecular weight is 258 g/mol. The molecular weight excluding hydrogens is 251 g/mol. The van der Waals surface area contributed by atoms with E-state index in [0.717, 1.165) is 14.8 Å². The Bertz CT molecular complexity index is 301. The van der Waals surface area contributed by atoms with Gasteiger partial charge in [0.25, 0.3) is 0 Å². The maximum Gasteiger partial charge on any atom is 0.0670 e. The standard InChI is InChI=1S/C8H7IN2/c9-7-3-1-2-6(4-5-10)8(7)11/h1-3H,4,11H2. The first-order valence-corrected chi connectivity index (χ1v) is 4.23. The van der Waals surface area contributed by atoms with E-state index in [1.165, 1.54) is 0 Å². The number of halogens is 1. The van der Waals surface area contributed by atoms with Crippen LogP contribution in [0.4, 0.5) is 5.69 Å². The van der Waals surface area contributed by atoms with Crippen LogP contribution in [-0.2, 0) is 6.42 Å². The maximum absolute atomic E-state index is 8.43. The van der Waals surface area contributed by atoms with E-state index in [2.05, 4.69) is 28.7 Å². The van der Waals surface area contributed by atoms with Crippen molar-refractivity contribution in [3.63, 3.8) is 0 Å². The fraction of sp³-hybridized carbons (Fsp3) is 0.125. The topological polar surface area (TPSA) is 49.8 Å². The minimum atomic E-state index is 0.392. The van der Waals surface area contributed by atoms with Crippen molar-refractivity contribution in [2.45, 2.75) is 6.42 Å². The fourth-order valence-electron chi connectivity index (χ4n) is 0.821. The highest BCUT2D eigenvalue weighted by atomic mass is 127. The number of nitriles is 1. The average Bonchev–Trinajstić information content (AvgIpc) is 1.99. The van der Waals surface area contributed by atoms with Gasteiger partial charge in [-0.05, 0) is 34.2 Å². The van der Waals surface area contributed by atoms with Crippen molar-refractivity contribution < 1.29 is 0 Å². The second kappa shape index (κ2) is 3.58. The molecule has 11 heavy (non-hydrogen) atoms. The maximum atomic E-state index is 8.43. The number of anilines is 1. The van der Waals surface area contributed by atoms with Crippen LogP contribution in [0.2, 0.25) is 0 Å². The number of nitrogens with zero attached hydrogens (tertiary/aromatic N) is 1. The van der Waals surface area contributed by atoms with E-state index in [0.29, 0.717) is 6.42 Å². The van der Waals surface area contributed by atoms with E-state index in [4.69, 9.17) is 11.0 Å². The van der Waals surface area contributed by atoms with E-state index in [-0.39, 0.29) is 0 Å². The molecule has 0 bridgehead atoms. The van der Waals surface area contributed by atoms with Gasteiger partial charge in [0.2, 0.25) is 0 Å². The highest BCUT2D eigenvalue weighted by Crippen LogP contribution is 2.19. The molecule has 0 unspecified atom stereocenters. The molecule has 0 saturated carbocycles. The zero-order valence-electron chi connectivity index (χ0n) is 5.84. The zero-order chi connectivity index (χ0) is 8.27. The SMILES string of the molecule is N#CCc1cccc(I)c1N. The Morgan fingerprint density at radius 2 is 2.27 bits per heavy atom. The second-order valence-corrected chi connectivity index (χ2v) is 3.31. The van der Waals surface area contributed by atoms with E-state index < -0.39 is 0 Å². The molecule has 0 heterocycles. The van der Waals surface area contributed by atoms with Crippen LogP contribution in [0.25, 0.3) is 0 Å². The van der Waals surface area contributed by atoms with E-state index in [1.807, 2.05) is 18.2 Å². The van der Waals surface area contributed by atoms with Crippen LogP contribution in [0.5, 0.6) is 0 Å². The zero-order valence-corrected chi connectivity index (χ0v) is 8.00. The molecular formula is C8H7IN2. The molecule has 0 fully saturated rings. The Labute approximate surface area is 79.2 Å².